The minimum atomic E-state index is -0.799. The van der Waals surface area contributed by atoms with Crippen LogP contribution in [0.15, 0.2) is 0 Å². The number of hydrogen-bond acceptors (Lipinski definition) is 6. The summed E-state index contributed by atoms with van der Waals surface area (Å²) in [4.78, 5) is 0. The van der Waals surface area contributed by atoms with Gasteiger partial charge in [-0.3, -0.25) is 0 Å². The van der Waals surface area contributed by atoms with Crippen LogP contribution in [0.25, 0.3) is 0 Å². The second-order valence-electron chi connectivity index (χ2n) is 6.00. The lowest BCUT2D eigenvalue weighted by atomic mass is 9.89. The molecule has 0 saturated carbocycles. The number of ether oxygens (including phenoxy) is 2. The van der Waals surface area contributed by atoms with Crippen LogP contribution in [-0.4, -0.2) is 48.1 Å². The number of aliphatic hydroxyl groups is 2. The molecule has 0 amide bonds. The summed E-state index contributed by atoms with van der Waals surface area (Å²) in [5.74, 6) is 0. The van der Waals surface area contributed by atoms with E-state index in [0.717, 1.165) is 25.7 Å². The van der Waals surface area contributed by atoms with Gasteiger partial charge in [-0.2, -0.15) is 0 Å². The summed E-state index contributed by atoms with van der Waals surface area (Å²) < 4.78 is 10.6. The van der Waals surface area contributed by atoms with Gasteiger partial charge in [0, 0.05) is 25.3 Å². The molecule has 0 aromatic rings. The Balaban J connectivity index is 3.96. The van der Waals surface area contributed by atoms with E-state index in [9.17, 15) is 10.2 Å². The van der Waals surface area contributed by atoms with E-state index in [-0.39, 0.29) is 0 Å². The van der Waals surface area contributed by atoms with Gasteiger partial charge in [0.1, 0.15) is 0 Å². The Hall–Kier alpha value is -0.240. The average molecular weight is 320 g/mol. The van der Waals surface area contributed by atoms with E-state index in [0.29, 0.717) is 45.4 Å². The monoisotopic (exact) mass is 320 g/mol. The summed E-state index contributed by atoms with van der Waals surface area (Å²) in [7, 11) is 0. The summed E-state index contributed by atoms with van der Waals surface area (Å²) in [5.41, 5.74) is 11.4. The molecule has 0 aromatic carbocycles. The van der Waals surface area contributed by atoms with Crippen molar-refractivity contribution in [2.24, 2.45) is 11.5 Å². The van der Waals surface area contributed by atoms with Crippen molar-refractivity contribution in [3.63, 3.8) is 0 Å². The summed E-state index contributed by atoms with van der Waals surface area (Å²) in [6, 6.07) is 0. The van der Waals surface area contributed by atoms with Gasteiger partial charge in [0.15, 0.2) is 12.6 Å². The smallest absolute Gasteiger partial charge is 0.154 e. The fourth-order valence-electron chi connectivity index (χ4n) is 2.05. The van der Waals surface area contributed by atoms with Crippen molar-refractivity contribution >= 4 is 0 Å². The summed E-state index contributed by atoms with van der Waals surface area (Å²) >= 11 is 0. The van der Waals surface area contributed by atoms with E-state index in [2.05, 4.69) is 13.8 Å². The largest absolute Gasteiger partial charge is 0.368 e. The highest BCUT2D eigenvalue weighted by Gasteiger charge is 2.25. The Morgan fingerprint density at radius 3 is 1.64 bits per heavy atom. The van der Waals surface area contributed by atoms with Crippen LogP contribution in [0.4, 0.5) is 0 Å². The zero-order valence-corrected chi connectivity index (χ0v) is 14.3. The predicted molar refractivity (Wildman–Crippen MR) is 88.2 cm³/mol. The lowest BCUT2D eigenvalue weighted by Crippen LogP contribution is -2.48. The number of unbranched alkanes of at least 4 members (excludes halogenated alkanes) is 2. The van der Waals surface area contributed by atoms with Crippen molar-refractivity contribution in [2.45, 2.75) is 83.3 Å². The molecule has 0 saturated heterocycles. The van der Waals surface area contributed by atoms with E-state index in [1.54, 1.807) is 0 Å². The zero-order valence-electron chi connectivity index (χ0n) is 14.3. The van der Waals surface area contributed by atoms with Gasteiger partial charge < -0.3 is 31.2 Å². The van der Waals surface area contributed by atoms with E-state index in [4.69, 9.17) is 20.9 Å². The molecule has 2 unspecified atom stereocenters. The highest BCUT2D eigenvalue weighted by Crippen LogP contribution is 2.19. The fraction of sp³-hybridized carbons (Fsp3) is 1.00. The minimum absolute atomic E-state index is 0.302. The van der Waals surface area contributed by atoms with E-state index in [1.807, 2.05) is 0 Å². The molecule has 134 valence electrons. The summed E-state index contributed by atoms with van der Waals surface area (Å²) in [6.45, 7) is 5.56. The maximum absolute atomic E-state index is 9.76. The van der Waals surface area contributed by atoms with E-state index < -0.39 is 18.1 Å². The third-order valence-electron chi connectivity index (χ3n) is 3.80. The topological polar surface area (TPSA) is 111 Å². The van der Waals surface area contributed by atoms with Crippen LogP contribution in [0.2, 0.25) is 0 Å². The molecule has 0 aromatic heterocycles. The summed E-state index contributed by atoms with van der Waals surface area (Å²) in [6.07, 6.45) is 4.34. The van der Waals surface area contributed by atoms with Crippen LogP contribution in [0.5, 0.6) is 0 Å². The van der Waals surface area contributed by atoms with Crippen molar-refractivity contribution in [3.8, 4) is 0 Å². The minimum Gasteiger partial charge on any atom is -0.368 e. The van der Waals surface area contributed by atoms with Crippen LogP contribution in [-0.2, 0) is 9.47 Å². The Bertz CT molecular complexity index is 234. The van der Waals surface area contributed by atoms with E-state index in [1.165, 1.54) is 0 Å². The van der Waals surface area contributed by atoms with Crippen molar-refractivity contribution in [1.29, 1.82) is 0 Å². The molecule has 0 rings (SSSR count). The molecule has 0 fully saturated rings. The van der Waals surface area contributed by atoms with Crippen molar-refractivity contribution in [1.82, 2.24) is 0 Å². The second-order valence-corrected chi connectivity index (χ2v) is 6.00. The Labute approximate surface area is 135 Å². The third kappa shape index (κ3) is 11.3. The molecule has 6 heteroatoms. The van der Waals surface area contributed by atoms with Crippen LogP contribution >= 0.6 is 0 Å². The van der Waals surface area contributed by atoms with Gasteiger partial charge in [0.25, 0.3) is 0 Å². The van der Waals surface area contributed by atoms with Crippen LogP contribution in [0, 0.1) is 0 Å². The van der Waals surface area contributed by atoms with Crippen LogP contribution in [0.3, 0.4) is 0 Å². The highest BCUT2D eigenvalue weighted by atomic mass is 16.6. The number of rotatable bonds is 15. The zero-order chi connectivity index (χ0) is 16.8. The lowest BCUT2D eigenvalue weighted by Gasteiger charge is -2.30. The third-order valence-corrected chi connectivity index (χ3v) is 3.80. The molecule has 0 spiro atoms. The molecular formula is C16H36N2O4. The van der Waals surface area contributed by atoms with Gasteiger partial charge >= 0.3 is 0 Å². The number of hydrogen-bond donors (Lipinski definition) is 4. The van der Waals surface area contributed by atoms with Gasteiger partial charge in [-0.1, -0.05) is 26.7 Å². The van der Waals surface area contributed by atoms with Gasteiger partial charge in [0.05, 0.1) is 0 Å². The molecule has 0 bridgehead atoms. The van der Waals surface area contributed by atoms with Crippen LogP contribution in [0.1, 0.15) is 65.2 Å². The fourth-order valence-corrected chi connectivity index (χ4v) is 2.05. The Morgan fingerprint density at radius 1 is 0.909 bits per heavy atom. The highest BCUT2D eigenvalue weighted by molar-refractivity contribution is 4.85. The standard InChI is InChI=1S/C16H36N2O4/c1-3-5-11-21-14(19)7-9-16(18,13-17)10-8-15(20)22-12-6-4-2/h14-15,19-20H,3-13,17-18H2,1-2H3. The van der Waals surface area contributed by atoms with Crippen molar-refractivity contribution in [2.75, 3.05) is 19.8 Å². The lowest BCUT2D eigenvalue weighted by molar-refractivity contribution is -0.112. The Morgan fingerprint density at radius 2 is 1.32 bits per heavy atom. The first-order valence-corrected chi connectivity index (χ1v) is 8.55. The quantitative estimate of drug-likeness (QED) is 0.269. The van der Waals surface area contributed by atoms with Crippen molar-refractivity contribution in [3.05, 3.63) is 0 Å². The molecule has 0 aliphatic rings. The van der Waals surface area contributed by atoms with Gasteiger partial charge in [0.2, 0.25) is 0 Å². The maximum Gasteiger partial charge on any atom is 0.154 e. The first kappa shape index (κ1) is 21.8. The normalized spacial score (nSPS) is 17.2. The summed E-state index contributed by atoms with van der Waals surface area (Å²) in [5, 5.41) is 19.5. The van der Waals surface area contributed by atoms with Gasteiger partial charge in [-0.05, 0) is 38.5 Å². The molecule has 22 heavy (non-hydrogen) atoms. The molecule has 6 nitrogen and oxygen atoms in total. The molecule has 2 atom stereocenters. The molecule has 0 heterocycles. The molecule has 0 aliphatic carbocycles. The Kier molecular flexibility index (Phi) is 13.1. The number of nitrogens with two attached hydrogens (primary N) is 2. The second kappa shape index (κ2) is 13.2. The van der Waals surface area contributed by atoms with E-state index >= 15 is 0 Å². The predicted octanol–water partition coefficient (Wildman–Crippen LogP) is 1.47. The van der Waals surface area contributed by atoms with Gasteiger partial charge in [-0.15, -0.1) is 0 Å². The molecular weight excluding hydrogens is 284 g/mol. The SMILES string of the molecule is CCCCOC(O)CCC(N)(CN)CCC(O)OCCCC. The molecule has 0 aliphatic heterocycles. The molecule has 0 radical (unpaired) electrons. The van der Waals surface area contributed by atoms with Crippen molar-refractivity contribution < 1.29 is 19.7 Å². The maximum atomic E-state index is 9.76. The molecule has 6 N–H and O–H groups in total. The first-order chi connectivity index (χ1) is 10.5. The average Bonchev–Trinajstić information content (AvgIpc) is 2.51. The number of aliphatic hydroxyl groups excluding tert-OH is 2. The van der Waals surface area contributed by atoms with Crippen LogP contribution < -0.4 is 11.5 Å². The first-order valence-electron chi connectivity index (χ1n) is 8.55. The van der Waals surface area contributed by atoms with Gasteiger partial charge in [-0.25, -0.2) is 0 Å².